The fourth-order valence-electron chi connectivity index (χ4n) is 2.45. The summed E-state index contributed by atoms with van der Waals surface area (Å²) >= 11 is 0. The first-order chi connectivity index (χ1) is 14.4. The number of ether oxygens (including phenoxy) is 2. The summed E-state index contributed by atoms with van der Waals surface area (Å²) in [6, 6.07) is 12.7. The maximum Gasteiger partial charge on any atom is 0.306 e. The van der Waals surface area contributed by atoms with Gasteiger partial charge in [-0.2, -0.15) is 0 Å². The molecule has 30 heavy (non-hydrogen) atoms. The highest BCUT2D eigenvalue weighted by Crippen LogP contribution is 2.14. The highest BCUT2D eigenvalue weighted by molar-refractivity contribution is 5.98. The Kier molecular flexibility index (Phi) is 8.56. The topological polar surface area (TPSA) is 125 Å². The minimum atomic E-state index is -0.648. The number of hydrogen-bond acceptors (Lipinski definition) is 6. The number of amides is 2. The predicted octanol–water partition coefficient (Wildman–Crippen LogP) is 2.72. The van der Waals surface area contributed by atoms with Crippen LogP contribution in [0.25, 0.3) is 0 Å². The van der Waals surface area contributed by atoms with Gasteiger partial charge in [0.25, 0.3) is 5.91 Å². The summed E-state index contributed by atoms with van der Waals surface area (Å²) in [7, 11) is 0. The van der Waals surface area contributed by atoms with Gasteiger partial charge < -0.3 is 20.5 Å². The van der Waals surface area contributed by atoms with Crippen molar-refractivity contribution in [1.29, 1.82) is 0 Å². The lowest BCUT2D eigenvalue weighted by molar-refractivity contribution is -0.147. The third-order valence-electron chi connectivity index (χ3n) is 4.02. The van der Waals surface area contributed by atoms with Crippen LogP contribution in [0.3, 0.4) is 0 Å². The van der Waals surface area contributed by atoms with E-state index < -0.39 is 24.4 Å². The highest BCUT2D eigenvalue weighted by Gasteiger charge is 2.12. The van der Waals surface area contributed by atoms with E-state index in [-0.39, 0.29) is 18.6 Å². The van der Waals surface area contributed by atoms with Crippen LogP contribution in [0, 0.1) is 0 Å². The van der Waals surface area contributed by atoms with Crippen LogP contribution in [0.1, 0.15) is 46.9 Å². The number of primary amides is 1. The van der Waals surface area contributed by atoms with Gasteiger partial charge in [-0.1, -0.05) is 6.92 Å². The largest absolute Gasteiger partial charge is 0.494 e. The van der Waals surface area contributed by atoms with Gasteiger partial charge in [0, 0.05) is 23.2 Å². The molecule has 0 aliphatic rings. The van der Waals surface area contributed by atoms with Gasteiger partial charge in [0.15, 0.2) is 12.4 Å². The molecule has 3 N–H and O–H groups in total. The molecule has 0 atom stereocenters. The molecule has 0 saturated carbocycles. The first-order valence-electron chi connectivity index (χ1n) is 9.50. The molecule has 0 spiro atoms. The zero-order chi connectivity index (χ0) is 21.9. The lowest BCUT2D eigenvalue weighted by Gasteiger charge is -2.07. The normalized spacial score (nSPS) is 10.2. The number of carbonyl (C=O) groups excluding carboxylic acids is 4. The van der Waals surface area contributed by atoms with Gasteiger partial charge >= 0.3 is 5.97 Å². The second kappa shape index (κ2) is 11.4. The summed E-state index contributed by atoms with van der Waals surface area (Å²) in [5.74, 6) is -1.28. The van der Waals surface area contributed by atoms with Crippen LogP contribution in [-0.4, -0.2) is 36.8 Å². The molecular formula is C22H24N2O6. The average Bonchev–Trinajstić information content (AvgIpc) is 2.75. The van der Waals surface area contributed by atoms with Crippen molar-refractivity contribution in [1.82, 2.24) is 0 Å². The Morgan fingerprint density at radius 2 is 1.53 bits per heavy atom. The van der Waals surface area contributed by atoms with E-state index in [1.165, 1.54) is 24.3 Å². The molecule has 0 aliphatic heterocycles. The summed E-state index contributed by atoms with van der Waals surface area (Å²) in [4.78, 5) is 46.8. The number of carbonyl (C=O) groups is 4. The number of rotatable bonds is 11. The smallest absolute Gasteiger partial charge is 0.306 e. The van der Waals surface area contributed by atoms with E-state index in [0.717, 1.165) is 6.42 Å². The molecule has 158 valence electrons. The Hall–Kier alpha value is -3.68. The van der Waals surface area contributed by atoms with Gasteiger partial charge in [-0.05, 0) is 55.0 Å². The van der Waals surface area contributed by atoms with Crippen molar-refractivity contribution in [3.8, 4) is 5.75 Å². The third kappa shape index (κ3) is 7.38. The molecule has 0 bridgehead atoms. The van der Waals surface area contributed by atoms with E-state index in [0.29, 0.717) is 29.2 Å². The van der Waals surface area contributed by atoms with Crippen molar-refractivity contribution in [3.63, 3.8) is 0 Å². The van der Waals surface area contributed by atoms with Crippen LogP contribution in [0.5, 0.6) is 5.75 Å². The second-order valence-electron chi connectivity index (χ2n) is 6.45. The molecule has 0 saturated heterocycles. The first-order valence-corrected chi connectivity index (χ1v) is 9.50. The monoisotopic (exact) mass is 412 g/mol. The Balaban J connectivity index is 1.71. The van der Waals surface area contributed by atoms with E-state index >= 15 is 0 Å². The maximum absolute atomic E-state index is 12.2. The molecular weight excluding hydrogens is 388 g/mol. The molecule has 0 unspecified atom stereocenters. The van der Waals surface area contributed by atoms with E-state index in [4.69, 9.17) is 15.2 Å². The molecule has 2 amide bonds. The van der Waals surface area contributed by atoms with E-state index in [1.807, 2.05) is 6.92 Å². The third-order valence-corrected chi connectivity index (χ3v) is 4.02. The molecule has 0 aliphatic carbocycles. The first kappa shape index (κ1) is 22.6. The van der Waals surface area contributed by atoms with Crippen molar-refractivity contribution < 1.29 is 28.7 Å². The molecule has 0 aromatic heterocycles. The van der Waals surface area contributed by atoms with Crippen molar-refractivity contribution in [2.24, 2.45) is 5.73 Å². The summed E-state index contributed by atoms with van der Waals surface area (Å²) < 4.78 is 10.3. The second-order valence-corrected chi connectivity index (χ2v) is 6.45. The van der Waals surface area contributed by atoms with Crippen molar-refractivity contribution >= 4 is 29.3 Å². The summed E-state index contributed by atoms with van der Waals surface area (Å²) in [5, 5.41) is 2.53. The number of anilines is 1. The van der Waals surface area contributed by atoms with Gasteiger partial charge in [0.2, 0.25) is 5.91 Å². The molecule has 0 fully saturated rings. The maximum atomic E-state index is 12.2. The summed E-state index contributed by atoms with van der Waals surface area (Å²) in [6.07, 6.45) is 0.736. The number of ketones is 1. The number of esters is 1. The minimum Gasteiger partial charge on any atom is -0.494 e. The van der Waals surface area contributed by atoms with Crippen molar-refractivity contribution in [2.75, 3.05) is 18.5 Å². The Labute approximate surface area is 174 Å². The molecule has 8 heteroatoms. The molecule has 0 radical (unpaired) electrons. The molecule has 2 aromatic rings. The van der Waals surface area contributed by atoms with Gasteiger partial charge in [-0.3, -0.25) is 19.2 Å². The molecule has 0 heterocycles. The fourth-order valence-corrected chi connectivity index (χ4v) is 2.45. The Morgan fingerprint density at radius 1 is 0.900 bits per heavy atom. The Bertz CT molecular complexity index is 891. The van der Waals surface area contributed by atoms with E-state index in [2.05, 4.69) is 5.32 Å². The van der Waals surface area contributed by atoms with Gasteiger partial charge in [-0.15, -0.1) is 0 Å². The number of hydrogen-bond donors (Lipinski definition) is 2. The molecule has 2 aromatic carbocycles. The predicted molar refractivity (Wildman–Crippen MR) is 110 cm³/mol. The van der Waals surface area contributed by atoms with Crippen LogP contribution >= 0.6 is 0 Å². The van der Waals surface area contributed by atoms with Crippen LogP contribution in [0.4, 0.5) is 5.69 Å². The lowest BCUT2D eigenvalue weighted by atomic mass is 10.1. The summed E-state index contributed by atoms with van der Waals surface area (Å²) in [6.45, 7) is 2.13. The van der Waals surface area contributed by atoms with E-state index in [9.17, 15) is 19.2 Å². The van der Waals surface area contributed by atoms with Crippen LogP contribution in [0.15, 0.2) is 48.5 Å². The van der Waals surface area contributed by atoms with Crippen LogP contribution < -0.4 is 15.8 Å². The highest BCUT2D eigenvalue weighted by atomic mass is 16.5. The van der Waals surface area contributed by atoms with Crippen LogP contribution in [0.2, 0.25) is 0 Å². The SMILES string of the molecule is CCCOc1ccc(C(=O)CCC(=O)OCC(=O)Nc2ccc(C(N)=O)cc2)cc1. The van der Waals surface area contributed by atoms with Crippen molar-refractivity contribution in [2.45, 2.75) is 26.2 Å². The van der Waals surface area contributed by atoms with Gasteiger partial charge in [-0.25, -0.2) is 0 Å². The molecule has 8 nitrogen and oxygen atoms in total. The van der Waals surface area contributed by atoms with E-state index in [1.54, 1.807) is 24.3 Å². The zero-order valence-corrected chi connectivity index (χ0v) is 16.7. The number of nitrogens with one attached hydrogen (secondary N) is 1. The quantitative estimate of drug-likeness (QED) is 0.432. The standard InChI is InChI=1S/C22H24N2O6/c1-2-13-29-18-9-5-15(6-10-18)19(25)11-12-21(27)30-14-20(26)24-17-7-3-16(4-8-17)22(23)28/h3-10H,2,11-14H2,1H3,(H2,23,28)(H,24,26). The number of Topliss-reactive ketones (excluding diaryl/α,β-unsaturated/α-hetero) is 1. The van der Waals surface area contributed by atoms with Gasteiger partial charge in [0.05, 0.1) is 13.0 Å². The minimum absolute atomic E-state index is 0.0236. The average molecular weight is 412 g/mol. The zero-order valence-electron chi connectivity index (χ0n) is 16.7. The number of nitrogens with two attached hydrogens (primary N) is 1. The lowest BCUT2D eigenvalue weighted by Crippen LogP contribution is -2.21. The molecule has 2 rings (SSSR count). The fraction of sp³-hybridized carbons (Fsp3) is 0.273. The van der Waals surface area contributed by atoms with Crippen LogP contribution in [-0.2, 0) is 14.3 Å². The van der Waals surface area contributed by atoms with Crippen molar-refractivity contribution in [3.05, 3.63) is 59.7 Å². The number of benzene rings is 2. The Morgan fingerprint density at radius 3 is 2.13 bits per heavy atom. The van der Waals surface area contributed by atoms with Gasteiger partial charge in [0.1, 0.15) is 5.75 Å². The summed E-state index contributed by atoms with van der Waals surface area (Å²) in [5.41, 5.74) is 6.36.